The average Bonchev–Trinajstić information content (AvgIpc) is 3.16. The summed E-state index contributed by atoms with van der Waals surface area (Å²) in [4.78, 5) is 0. The van der Waals surface area contributed by atoms with Gasteiger partial charge < -0.3 is 14.0 Å². The Hall–Kier alpha value is -3.53. The van der Waals surface area contributed by atoms with Crippen LogP contribution in [0.5, 0.6) is 11.5 Å². The van der Waals surface area contributed by atoms with Crippen LogP contribution >= 0.6 is 0 Å². The monoisotopic (exact) mass is 357 g/mol. The molecule has 0 unspecified atom stereocenters. The van der Waals surface area contributed by atoms with E-state index in [0.29, 0.717) is 5.75 Å². The van der Waals surface area contributed by atoms with Crippen molar-refractivity contribution in [3.05, 3.63) is 77.9 Å². The fourth-order valence-corrected chi connectivity index (χ4v) is 3.07. The Balaban J connectivity index is 1.85. The minimum atomic E-state index is 0.683. The summed E-state index contributed by atoms with van der Waals surface area (Å²) < 4.78 is 16.6. The fraction of sp³-hybridized carbons (Fsp3) is 0.0870. The lowest BCUT2D eigenvalue weighted by molar-refractivity contribution is 0.394. The van der Waals surface area contributed by atoms with Crippen molar-refractivity contribution in [3.63, 3.8) is 0 Å². The van der Waals surface area contributed by atoms with Gasteiger partial charge in [0.2, 0.25) is 0 Å². The Morgan fingerprint density at radius 1 is 0.815 bits per heavy atom. The predicted molar refractivity (Wildman–Crippen MR) is 108 cm³/mol. The third-order valence-electron chi connectivity index (χ3n) is 4.44. The SMILES string of the molecule is COc1cc(OC)c(-c2noc3ccccc23)cc1/C=C/c1ccccc1. The Morgan fingerprint density at radius 3 is 2.33 bits per heavy atom. The second kappa shape index (κ2) is 7.38. The Labute approximate surface area is 157 Å². The molecule has 4 rings (SSSR count). The van der Waals surface area contributed by atoms with Crippen LogP contribution in [0.2, 0.25) is 0 Å². The van der Waals surface area contributed by atoms with E-state index in [-0.39, 0.29) is 0 Å². The first-order valence-electron chi connectivity index (χ1n) is 8.64. The van der Waals surface area contributed by atoms with E-state index in [2.05, 4.69) is 23.4 Å². The largest absolute Gasteiger partial charge is 0.496 e. The van der Waals surface area contributed by atoms with Crippen LogP contribution in [0.4, 0.5) is 0 Å². The van der Waals surface area contributed by atoms with Crippen LogP contribution in [0.1, 0.15) is 11.1 Å². The van der Waals surface area contributed by atoms with Gasteiger partial charge in [-0.3, -0.25) is 0 Å². The van der Waals surface area contributed by atoms with Gasteiger partial charge in [0.05, 0.1) is 14.2 Å². The number of para-hydroxylation sites is 1. The molecule has 0 spiro atoms. The van der Waals surface area contributed by atoms with Crippen LogP contribution in [-0.4, -0.2) is 19.4 Å². The molecule has 0 amide bonds. The number of aromatic nitrogens is 1. The zero-order valence-electron chi connectivity index (χ0n) is 15.2. The third-order valence-corrected chi connectivity index (χ3v) is 4.44. The quantitative estimate of drug-likeness (QED) is 0.431. The van der Waals surface area contributed by atoms with Crippen molar-refractivity contribution >= 4 is 23.1 Å². The van der Waals surface area contributed by atoms with E-state index >= 15 is 0 Å². The van der Waals surface area contributed by atoms with E-state index in [4.69, 9.17) is 14.0 Å². The summed E-state index contributed by atoms with van der Waals surface area (Å²) in [5, 5.41) is 5.21. The smallest absolute Gasteiger partial charge is 0.167 e. The number of methoxy groups -OCH3 is 2. The molecule has 4 nitrogen and oxygen atoms in total. The molecule has 4 heteroatoms. The van der Waals surface area contributed by atoms with Crippen LogP contribution in [0.25, 0.3) is 34.4 Å². The number of ether oxygens (including phenoxy) is 2. The average molecular weight is 357 g/mol. The van der Waals surface area contributed by atoms with Crippen molar-refractivity contribution in [2.75, 3.05) is 14.2 Å². The zero-order valence-corrected chi connectivity index (χ0v) is 15.2. The van der Waals surface area contributed by atoms with Gasteiger partial charge in [-0.05, 0) is 23.8 Å². The molecule has 1 heterocycles. The van der Waals surface area contributed by atoms with Crippen LogP contribution in [0, 0.1) is 0 Å². The first-order chi connectivity index (χ1) is 13.3. The molecule has 0 radical (unpaired) electrons. The normalized spacial score (nSPS) is 11.2. The lowest BCUT2D eigenvalue weighted by Gasteiger charge is -2.12. The van der Waals surface area contributed by atoms with E-state index in [1.807, 2.05) is 60.7 Å². The highest BCUT2D eigenvalue weighted by atomic mass is 16.5. The second-order valence-electron chi connectivity index (χ2n) is 6.07. The number of rotatable bonds is 5. The summed E-state index contributed by atoms with van der Waals surface area (Å²) in [7, 11) is 3.29. The topological polar surface area (TPSA) is 44.5 Å². The molecule has 0 bridgehead atoms. The molecular weight excluding hydrogens is 338 g/mol. The molecule has 0 aliphatic carbocycles. The highest BCUT2D eigenvalue weighted by Crippen LogP contribution is 2.39. The first-order valence-corrected chi connectivity index (χ1v) is 8.64. The summed E-state index contributed by atoms with van der Waals surface area (Å²) in [6, 6.07) is 21.8. The molecule has 0 atom stereocenters. The highest BCUT2D eigenvalue weighted by molar-refractivity contribution is 5.94. The van der Waals surface area contributed by atoms with Gasteiger partial charge in [0, 0.05) is 22.6 Å². The number of benzene rings is 3. The molecular formula is C23H19NO3. The van der Waals surface area contributed by atoms with Gasteiger partial charge in [-0.2, -0.15) is 0 Å². The highest BCUT2D eigenvalue weighted by Gasteiger charge is 2.17. The number of hydrogen-bond acceptors (Lipinski definition) is 4. The van der Waals surface area contributed by atoms with Gasteiger partial charge in [-0.15, -0.1) is 0 Å². The molecule has 0 fully saturated rings. The van der Waals surface area contributed by atoms with Crippen LogP contribution < -0.4 is 9.47 Å². The van der Waals surface area contributed by atoms with E-state index in [0.717, 1.165) is 39.1 Å². The molecule has 27 heavy (non-hydrogen) atoms. The number of nitrogens with zero attached hydrogens (tertiary/aromatic N) is 1. The summed E-state index contributed by atoms with van der Waals surface area (Å²) in [5.74, 6) is 1.42. The second-order valence-corrected chi connectivity index (χ2v) is 6.07. The minimum absolute atomic E-state index is 0.683. The van der Waals surface area contributed by atoms with Crippen LogP contribution in [0.15, 0.2) is 71.3 Å². The lowest BCUT2D eigenvalue weighted by Crippen LogP contribution is -1.94. The standard InChI is InChI=1S/C23H19NO3/c1-25-21-15-22(26-2)19(23-18-10-6-7-11-20(18)27-24-23)14-17(21)13-12-16-8-4-3-5-9-16/h3-15H,1-2H3/b13-12+. The van der Waals surface area contributed by atoms with Gasteiger partial charge in [-0.25, -0.2) is 0 Å². The minimum Gasteiger partial charge on any atom is -0.496 e. The van der Waals surface area contributed by atoms with Gasteiger partial charge in [0.1, 0.15) is 17.2 Å². The van der Waals surface area contributed by atoms with Crippen molar-refractivity contribution in [1.82, 2.24) is 5.16 Å². The van der Waals surface area contributed by atoms with Gasteiger partial charge in [-0.1, -0.05) is 59.8 Å². The molecule has 1 aromatic heterocycles. The van der Waals surface area contributed by atoms with Crippen molar-refractivity contribution < 1.29 is 14.0 Å². The van der Waals surface area contributed by atoms with Gasteiger partial charge in [0.25, 0.3) is 0 Å². The lowest BCUT2D eigenvalue weighted by atomic mass is 10.0. The molecule has 0 aliphatic rings. The molecule has 4 aromatic rings. The van der Waals surface area contributed by atoms with Gasteiger partial charge >= 0.3 is 0 Å². The predicted octanol–water partition coefficient (Wildman–Crippen LogP) is 5.68. The van der Waals surface area contributed by atoms with Crippen LogP contribution in [0.3, 0.4) is 0 Å². The maximum Gasteiger partial charge on any atom is 0.167 e. The Morgan fingerprint density at radius 2 is 1.56 bits per heavy atom. The maximum absolute atomic E-state index is 5.59. The third kappa shape index (κ3) is 3.29. The maximum atomic E-state index is 5.59. The van der Waals surface area contributed by atoms with E-state index in [9.17, 15) is 0 Å². The van der Waals surface area contributed by atoms with Crippen molar-refractivity contribution in [3.8, 4) is 22.8 Å². The van der Waals surface area contributed by atoms with Crippen molar-refractivity contribution in [2.45, 2.75) is 0 Å². The molecule has 0 saturated heterocycles. The molecule has 134 valence electrons. The van der Waals surface area contributed by atoms with Gasteiger partial charge in [0.15, 0.2) is 5.58 Å². The zero-order chi connectivity index (χ0) is 18.6. The Kier molecular flexibility index (Phi) is 4.62. The summed E-state index contributed by atoms with van der Waals surface area (Å²) in [5.41, 5.74) is 4.40. The van der Waals surface area contributed by atoms with Crippen molar-refractivity contribution in [1.29, 1.82) is 0 Å². The number of fused-ring (bicyclic) bond motifs is 1. The number of hydrogen-bond donors (Lipinski definition) is 0. The first kappa shape index (κ1) is 16.9. The van der Waals surface area contributed by atoms with E-state index in [1.54, 1.807) is 14.2 Å². The van der Waals surface area contributed by atoms with Crippen molar-refractivity contribution in [2.24, 2.45) is 0 Å². The Bertz CT molecular complexity index is 1100. The summed E-state index contributed by atoms with van der Waals surface area (Å²) >= 11 is 0. The molecule has 3 aromatic carbocycles. The van der Waals surface area contributed by atoms with E-state index < -0.39 is 0 Å². The summed E-state index contributed by atoms with van der Waals surface area (Å²) in [6.07, 6.45) is 4.08. The fourth-order valence-electron chi connectivity index (χ4n) is 3.07. The molecule has 0 saturated carbocycles. The van der Waals surface area contributed by atoms with E-state index in [1.165, 1.54) is 0 Å². The molecule has 0 N–H and O–H groups in total. The summed E-state index contributed by atoms with van der Waals surface area (Å²) in [6.45, 7) is 0. The molecule has 0 aliphatic heterocycles. The van der Waals surface area contributed by atoms with Crippen LogP contribution in [-0.2, 0) is 0 Å².